The molecule has 1 heterocycles. The summed E-state index contributed by atoms with van der Waals surface area (Å²) in [5.74, 6) is 0. The quantitative estimate of drug-likeness (QED) is 0.429. The lowest BCUT2D eigenvalue weighted by Gasteiger charge is -2.42. The summed E-state index contributed by atoms with van der Waals surface area (Å²) in [7, 11) is 0. The predicted molar refractivity (Wildman–Crippen MR) is 90.2 cm³/mol. The standard InChI is InChI=1S/C16H23BrN2O2/c1-3-16(4-2)7-9-18(10-8-16)14-5-6-15(19(20)21)13(11-14)12-17/h5-6,11H,3-4,7-10,12H2,1-2H3. The van der Waals surface area contributed by atoms with E-state index in [1.165, 1.54) is 25.7 Å². The average Bonchev–Trinajstić information content (AvgIpc) is 2.54. The van der Waals surface area contributed by atoms with Crippen LogP contribution in [0.1, 0.15) is 45.1 Å². The summed E-state index contributed by atoms with van der Waals surface area (Å²) in [5.41, 5.74) is 2.55. The van der Waals surface area contributed by atoms with Crippen molar-refractivity contribution in [3.63, 3.8) is 0 Å². The molecular weight excluding hydrogens is 332 g/mol. The van der Waals surface area contributed by atoms with Crippen molar-refractivity contribution >= 4 is 27.3 Å². The Bertz CT molecular complexity index is 505. The first-order valence-corrected chi connectivity index (χ1v) is 8.75. The van der Waals surface area contributed by atoms with Gasteiger partial charge in [0.15, 0.2) is 0 Å². The van der Waals surface area contributed by atoms with Crippen LogP contribution in [0.3, 0.4) is 0 Å². The zero-order valence-electron chi connectivity index (χ0n) is 12.8. The highest BCUT2D eigenvalue weighted by atomic mass is 79.9. The second-order valence-corrected chi connectivity index (χ2v) is 6.46. The van der Waals surface area contributed by atoms with Crippen LogP contribution in [0.15, 0.2) is 18.2 Å². The van der Waals surface area contributed by atoms with Crippen LogP contribution < -0.4 is 4.90 Å². The van der Waals surface area contributed by atoms with Crippen LogP contribution in [0.5, 0.6) is 0 Å². The first-order valence-electron chi connectivity index (χ1n) is 7.63. The second-order valence-electron chi connectivity index (χ2n) is 5.90. The van der Waals surface area contributed by atoms with Gasteiger partial charge in [0.1, 0.15) is 0 Å². The zero-order valence-corrected chi connectivity index (χ0v) is 14.4. The van der Waals surface area contributed by atoms with Gasteiger partial charge in [-0.25, -0.2) is 0 Å². The number of piperidine rings is 1. The molecule has 0 aliphatic carbocycles. The summed E-state index contributed by atoms with van der Waals surface area (Å²) in [6.45, 7) is 6.66. The van der Waals surface area contributed by atoms with E-state index in [1.54, 1.807) is 6.07 Å². The zero-order chi connectivity index (χ0) is 15.5. The maximum atomic E-state index is 11.0. The van der Waals surface area contributed by atoms with Gasteiger partial charge in [-0.3, -0.25) is 10.1 Å². The molecule has 1 aromatic carbocycles. The molecule has 21 heavy (non-hydrogen) atoms. The van der Waals surface area contributed by atoms with Gasteiger partial charge >= 0.3 is 0 Å². The van der Waals surface area contributed by atoms with Crippen LogP contribution in [0, 0.1) is 15.5 Å². The van der Waals surface area contributed by atoms with Crippen molar-refractivity contribution < 1.29 is 4.92 Å². The van der Waals surface area contributed by atoms with E-state index in [4.69, 9.17) is 0 Å². The van der Waals surface area contributed by atoms with Gasteiger partial charge in [-0.15, -0.1) is 0 Å². The Morgan fingerprint density at radius 2 is 1.90 bits per heavy atom. The third kappa shape index (κ3) is 3.39. The topological polar surface area (TPSA) is 46.4 Å². The molecule has 0 atom stereocenters. The van der Waals surface area contributed by atoms with Crippen LogP contribution in [0.2, 0.25) is 0 Å². The molecule has 0 N–H and O–H groups in total. The van der Waals surface area contributed by atoms with Crippen molar-refractivity contribution in [2.45, 2.75) is 44.9 Å². The van der Waals surface area contributed by atoms with E-state index >= 15 is 0 Å². The first kappa shape index (κ1) is 16.3. The fourth-order valence-electron chi connectivity index (χ4n) is 3.25. The van der Waals surface area contributed by atoms with Gasteiger partial charge in [0.2, 0.25) is 0 Å². The van der Waals surface area contributed by atoms with Gasteiger partial charge in [-0.1, -0.05) is 42.6 Å². The minimum absolute atomic E-state index is 0.198. The average molecular weight is 355 g/mol. The molecule has 0 amide bonds. The highest BCUT2D eigenvalue weighted by molar-refractivity contribution is 9.08. The molecule has 1 aliphatic rings. The van der Waals surface area contributed by atoms with Crippen LogP contribution in [-0.2, 0) is 5.33 Å². The van der Waals surface area contributed by atoms with Gasteiger partial charge in [0.05, 0.1) is 4.92 Å². The van der Waals surface area contributed by atoms with Crippen molar-refractivity contribution in [3.05, 3.63) is 33.9 Å². The Balaban J connectivity index is 2.15. The summed E-state index contributed by atoms with van der Waals surface area (Å²) in [5, 5.41) is 11.5. The second kappa shape index (κ2) is 6.77. The lowest BCUT2D eigenvalue weighted by molar-refractivity contribution is -0.385. The van der Waals surface area contributed by atoms with Gasteiger partial charge in [-0.2, -0.15) is 0 Å². The number of nitrogens with zero attached hydrogens (tertiary/aromatic N) is 2. The van der Waals surface area contributed by atoms with Crippen molar-refractivity contribution in [3.8, 4) is 0 Å². The predicted octanol–water partition coefficient (Wildman–Crippen LogP) is 4.90. The number of hydrogen-bond acceptors (Lipinski definition) is 3. The summed E-state index contributed by atoms with van der Waals surface area (Å²) >= 11 is 3.35. The molecule has 0 unspecified atom stereocenters. The fourth-order valence-corrected chi connectivity index (χ4v) is 3.70. The van der Waals surface area contributed by atoms with E-state index in [1.807, 2.05) is 12.1 Å². The number of nitro groups is 1. The molecular formula is C16H23BrN2O2. The van der Waals surface area contributed by atoms with Crippen LogP contribution in [-0.4, -0.2) is 18.0 Å². The molecule has 5 heteroatoms. The maximum absolute atomic E-state index is 11.0. The van der Waals surface area contributed by atoms with E-state index in [0.717, 1.165) is 24.3 Å². The smallest absolute Gasteiger partial charge is 0.273 e. The van der Waals surface area contributed by atoms with E-state index in [9.17, 15) is 10.1 Å². The number of rotatable bonds is 5. The van der Waals surface area contributed by atoms with Crippen molar-refractivity contribution in [1.29, 1.82) is 0 Å². The van der Waals surface area contributed by atoms with Gasteiger partial charge in [-0.05, 0) is 30.4 Å². The minimum Gasteiger partial charge on any atom is -0.371 e. The molecule has 0 radical (unpaired) electrons. The highest BCUT2D eigenvalue weighted by Crippen LogP contribution is 2.39. The molecule has 116 valence electrons. The normalized spacial score (nSPS) is 17.8. The number of alkyl halides is 1. The Morgan fingerprint density at radius 1 is 1.29 bits per heavy atom. The molecule has 0 aromatic heterocycles. The van der Waals surface area contributed by atoms with E-state index in [0.29, 0.717) is 10.7 Å². The number of nitro benzene ring substituents is 1. The van der Waals surface area contributed by atoms with E-state index in [-0.39, 0.29) is 10.6 Å². The summed E-state index contributed by atoms with van der Waals surface area (Å²) in [6.07, 6.45) is 4.90. The van der Waals surface area contributed by atoms with E-state index in [2.05, 4.69) is 34.7 Å². The molecule has 0 saturated carbocycles. The molecule has 1 aliphatic heterocycles. The van der Waals surface area contributed by atoms with Gasteiger partial charge in [0, 0.05) is 35.7 Å². The minimum atomic E-state index is -0.310. The summed E-state index contributed by atoms with van der Waals surface area (Å²) < 4.78 is 0. The van der Waals surface area contributed by atoms with Crippen molar-refractivity contribution in [1.82, 2.24) is 0 Å². The molecule has 2 rings (SSSR count). The fraction of sp³-hybridized carbons (Fsp3) is 0.625. The summed E-state index contributed by atoms with van der Waals surface area (Å²) in [6, 6.07) is 5.47. The monoisotopic (exact) mass is 354 g/mol. The van der Waals surface area contributed by atoms with Crippen molar-refractivity contribution in [2.24, 2.45) is 5.41 Å². The van der Waals surface area contributed by atoms with Crippen molar-refractivity contribution in [2.75, 3.05) is 18.0 Å². The first-order chi connectivity index (χ1) is 10.0. The Morgan fingerprint density at radius 3 is 2.38 bits per heavy atom. The Labute approximate surface area is 134 Å². The number of halogens is 1. The molecule has 0 spiro atoms. The van der Waals surface area contributed by atoms with Gasteiger partial charge in [0.25, 0.3) is 5.69 Å². The van der Waals surface area contributed by atoms with Crippen LogP contribution in [0.25, 0.3) is 0 Å². The highest BCUT2D eigenvalue weighted by Gasteiger charge is 2.31. The molecule has 4 nitrogen and oxygen atoms in total. The SMILES string of the molecule is CCC1(CC)CCN(c2ccc([N+](=O)[O-])c(CBr)c2)CC1. The third-order valence-electron chi connectivity index (χ3n) is 5.09. The molecule has 1 saturated heterocycles. The van der Waals surface area contributed by atoms with Crippen LogP contribution >= 0.6 is 15.9 Å². The number of anilines is 1. The molecule has 1 aromatic rings. The summed E-state index contributed by atoms with van der Waals surface area (Å²) in [4.78, 5) is 13.1. The lowest BCUT2D eigenvalue weighted by Crippen LogP contribution is -2.39. The maximum Gasteiger partial charge on any atom is 0.273 e. The van der Waals surface area contributed by atoms with Crippen LogP contribution in [0.4, 0.5) is 11.4 Å². The third-order valence-corrected chi connectivity index (χ3v) is 5.70. The van der Waals surface area contributed by atoms with E-state index < -0.39 is 0 Å². The number of hydrogen-bond donors (Lipinski definition) is 0. The Hall–Kier alpha value is -1.10. The number of benzene rings is 1. The molecule has 1 fully saturated rings. The Kier molecular flexibility index (Phi) is 5.25. The largest absolute Gasteiger partial charge is 0.371 e. The molecule has 0 bridgehead atoms. The van der Waals surface area contributed by atoms with Gasteiger partial charge < -0.3 is 4.90 Å². The lowest BCUT2D eigenvalue weighted by atomic mass is 9.74.